The van der Waals surface area contributed by atoms with Gasteiger partial charge in [-0.15, -0.1) is 0 Å². The summed E-state index contributed by atoms with van der Waals surface area (Å²) in [5.41, 5.74) is 8.04. The minimum absolute atomic E-state index is 0.0738. The molecule has 4 N–H and O–H groups in total. The molecule has 2 aromatic heterocycles. The molecular weight excluding hydrogens is 708 g/mol. The van der Waals surface area contributed by atoms with E-state index in [1.165, 1.54) is 27.4 Å². The van der Waals surface area contributed by atoms with Crippen LogP contribution in [-0.4, -0.2) is 97.8 Å². The SMILES string of the molecule is CC(C)CN(C[C@H](O)[C@H](Cc1ccccc1)NC(=O)[C@H](C(C)C)N1CC(=O)N(Cc2nc3cccnc3n2C)C1=O)S(=O)(=O)c1ccc(Cl)c(N)c1. The quantitative estimate of drug-likeness (QED) is 0.121. The second-order valence-electron chi connectivity index (χ2n) is 13.8. The Balaban J connectivity index is 1.39. The third kappa shape index (κ3) is 8.38. The van der Waals surface area contributed by atoms with E-state index in [1.807, 2.05) is 44.2 Å². The van der Waals surface area contributed by atoms with Gasteiger partial charge in [0.05, 0.1) is 34.3 Å². The Labute approximate surface area is 308 Å². The van der Waals surface area contributed by atoms with Crippen LogP contribution < -0.4 is 11.1 Å². The summed E-state index contributed by atoms with van der Waals surface area (Å²) in [7, 11) is -2.40. The second kappa shape index (κ2) is 16.0. The number of aromatic nitrogens is 3. The first kappa shape index (κ1) is 38.7. The number of nitrogens with zero attached hydrogens (tertiary/aromatic N) is 6. The molecule has 1 aliphatic rings. The molecule has 14 nitrogen and oxygen atoms in total. The molecule has 16 heteroatoms. The van der Waals surface area contributed by atoms with Crippen LogP contribution in [0.4, 0.5) is 10.5 Å². The van der Waals surface area contributed by atoms with E-state index in [0.717, 1.165) is 10.5 Å². The van der Waals surface area contributed by atoms with Crippen molar-refractivity contribution in [2.75, 3.05) is 25.4 Å². The van der Waals surface area contributed by atoms with Crippen molar-refractivity contribution in [3.8, 4) is 0 Å². The zero-order valence-corrected chi connectivity index (χ0v) is 31.4. The largest absolute Gasteiger partial charge is 0.397 e. The van der Waals surface area contributed by atoms with Crippen molar-refractivity contribution in [1.82, 2.24) is 34.0 Å². The van der Waals surface area contributed by atoms with Crippen molar-refractivity contribution in [3.05, 3.63) is 83.3 Å². The van der Waals surface area contributed by atoms with E-state index in [1.54, 1.807) is 43.8 Å². The Hall–Kier alpha value is -4.57. The lowest BCUT2D eigenvalue weighted by atomic mass is 9.97. The molecule has 0 unspecified atom stereocenters. The molecular formula is C36H45ClN8O6S. The average molecular weight is 753 g/mol. The van der Waals surface area contributed by atoms with Crippen LogP contribution in [0.15, 0.2) is 71.8 Å². The number of urea groups is 1. The number of benzene rings is 2. The van der Waals surface area contributed by atoms with Crippen molar-refractivity contribution in [3.63, 3.8) is 0 Å². The van der Waals surface area contributed by atoms with Crippen molar-refractivity contribution in [2.45, 2.75) is 63.7 Å². The van der Waals surface area contributed by atoms with E-state index in [4.69, 9.17) is 17.3 Å². The number of halogens is 1. The molecule has 3 heterocycles. The number of nitrogens with one attached hydrogen (secondary N) is 1. The number of rotatable bonds is 15. The van der Waals surface area contributed by atoms with Gasteiger partial charge in [-0.3, -0.25) is 14.5 Å². The summed E-state index contributed by atoms with van der Waals surface area (Å²) in [6.45, 7) is 6.52. The molecule has 0 radical (unpaired) electrons. The van der Waals surface area contributed by atoms with Crippen LogP contribution >= 0.6 is 11.6 Å². The molecule has 1 fully saturated rings. The van der Waals surface area contributed by atoms with Gasteiger partial charge >= 0.3 is 6.03 Å². The third-order valence-electron chi connectivity index (χ3n) is 8.99. The number of carbonyl (C=O) groups excluding carboxylic acids is 3. The lowest BCUT2D eigenvalue weighted by Crippen LogP contribution is -2.57. The highest BCUT2D eigenvalue weighted by Crippen LogP contribution is 2.27. The fourth-order valence-electron chi connectivity index (χ4n) is 6.36. The number of nitrogen functional groups attached to an aromatic ring is 1. The van der Waals surface area contributed by atoms with Gasteiger partial charge in [0.15, 0.2) is 5.65 Å². The normalized spacial score (nSPS) is 15.7. The van der Waals surface area contributed by atoms with Crippen LogP contribution in [0.5, 0.6) is 0 Å². The molecule has 278 valence electrons. The minimum Gasteiger partial charge on any atom is -0.397 e. The molecule has 0 spiro atoms. The maximum Gasteiger partial charge on any atom is 0.328 e. The predicted octanol–water partition coefficient (Wildman–Crippen LogP) is 3.43. The highest BCUT2D eigenvalue weighted by molar-refractivity contribution is 7.89. The second-order valence-corrected chi connectivity index (χ2v) is 16.1. The van der Waals surface area contributed by atoms with Crippen molar-refractivity contribution < 1.29 is 27.9 Å². The number of anilines is 1. The van der Waals surface area contributed by atoms with Gasteiger partial charge in [-0.05, 0) is 54.2 Å². The van der Waals surface area contributed by atoms with Gasteiger partial charge in [-0.1, -0.05) is 69.6 Å². The molecule has 1 aliphatic heterocycles. The number of fused-ring (bicyclic) bond motifs is 1. The topological polar surface area (TPSA) is 184 Å². The maximum atomic E-state index is 14.2. The Kier molecular flexibility index (Phi) is 11.9. The number of imide groups is 1. The fraction of sp³-hybridized carbons (Fsp3) is 0.417. The first-order valence-electron chi connectivity index (χ1n) is 17.0. The Morgan fingerprint density at radius 1 is 1.06 bits per heavy atom. The standard InChI is InChI=1S/C36H45ClN8O6S/c1-22(2)18-43(52(50,51)25-13-14-26(37)27(38)17-25)19-30(46)29(16-24-10-7-6-8-11-24)41-35(48)33(23(3)4)45-21-32(47)44(36(45)49)20-31-40-28-12-9-15-39-34(28)42(31)5/h6-15,17,22-23,29-30,33,46H,16,18-21,38H2,1-5H3,(H,41,48)/t29-,30-,33-/m0/s1. The summed E-state index contributed by atoms with van der Waals surface area (Å²) in [5, 5.41) is 14.9. The van der Waals surface area contributed by atoms with E-state index in [2.05, 4.69) is 15.3 Å². The number of pyridine rings is 1. The smallest absolute Gasteiger partial charge is 0.328 e. The summed E-state index contributed by atoms with van der Waals surface area (Å²) in [4.78, 5) is 52.3. The molecule has 4 aromatic rings. The minimum atomic E-state index is -4.15. The molecule has 2 aromatic carbocycles. The molecule has 52 heavy (non-hydrogen) atoms. The first-order chi connectivity index (χ1) is 24.6. The number of imidazole rings is 1. The van der Waals surface area contributed by atoms with E-state index in [-0.39, 0.29) is 54.1 Å². The number of hydrogen-bond donors (Lipinski definition) is 3. The van der Waals surface area contributed by atoms with Crippen LogP contribution in [0.3, 0.4) is 0 Å². The van der Waals surface area contributed by atoms with Gasteiger partial charge in [0.25, 0.3) is 5.91 Å². The van der Waals surface area contributed by atoms with E-state index in [0.29, 0.717) is 17.0 Å². The predicted molar refractivity (Wildman–Crippen MR) is 197 cm³/mol. The Bertz CT molecular complexity index is 2040. The van der Waals surface area contributed by atoms with E-state index >= 15 is 0 Å². The number of nitrogens with two attached hydrogens (primary N) is 1. The monoisotopic (exact) mass is 752 g/mol. The van der Waals surface area contributed by atoms with Crippen LogP contribution in [0, 0.1) is 11.8 Å². The third-order valence-corrected chi connectivity index (χ3v) is 11.2. The number of aliphatic hydroxyl groups is 1. The summed E-state index contributed by atoms with van der Waals surface area (Å²) >= 11 is 6.06. The highest BCUT2D eigenvalue weighted by atomic mass is 35.5. The summed E-state index contributed by atoms with van der Waals surface area (Å²) in [6.07, 6.45) is 0.405. The highest BCUT2D eigenvalue weighted by Gasteiger charge is 2.45. The van der Waals surface area contributed by atoms with Gasteiger partial charge in [0.1, 0.15) is 23.9 Å². The maximum absolute atomic E-state index is 14.2. The molecule has 4 amide bonds. The fourth-order valence-corrected chi connectivity index (χ4v) is 8.13. The summed E-state index contributed by atoms with van der Waals surface area (Å²) < 4.78 is 30.6. The van der Waals surface area contributed by atoms with Gasteiger partial charge in [-0.2, -0.15) is 4.31 Å². The molecule has 1 saturated heterocycles. The van der Waals surface area contributed by atoms with Crippen molar-refractivity contribution in [2.24, 2.45) is 18.9 Å². The number of aliphatic hydroxyl groups excluding tert-OH is 1. The summed E-state index contributed by atoms with van der Waals surface area (Å²) in [5.74, 6) is -1.16. The molecule has 5 rings (SSSR count). The number of sulfonamides is 1. The number of aryl methyl sites for hydroxylation is 1. The van der Waals surface area contributed by atoms with Crippen LogP contribution in [0.2, 0.25) is 5.02 Å². The van der Waals surface area contributed by atoms with Crippen LogP contribution in [0.25, 0.3) is 11.2 Å². The lowest BCUT2D eigenvalue weighted by molar-refractivity contribution is -0.129. The first-order valence-corrected chi connectivity index (χ1v) is 18.8. The average Bonchev–Trinajstić information content (AvgIpc) is 3.55. The van der Waals surface area contributed by atoms with E-state index in [9.17, 15) is 27.9 Å². The number of hydrogen-bond acceptors (Lipinski definition) is 9. The van der Waals surface area contributed by atoms with Crippen LogP contribution in [0.1, 0.15) is 39.1 Å². The Morgan fingerprint density at radius 3 is 2.40 bits per heavy atom. The van der Waals surface area contributed by atoms with Gasteiger partial charge in [0.2, 0.25) is 15.9 Å². The van der Waals surface area contributed by atoms with Gasteiger partial charge in [-0.25, -0.2) is 23.2 Å². The zero-order chi connectivity index (χ0) is 37.9. The van der Waals surface area contributed by atoms with Crippen molar-refractivity contribution in [1.29, 1.82) is 0 Å². The molecule has 0 aliphatic carbocycles. The lowest BCUT2D eigenvalue weighted by Gasteiger charge is -2.34. The van der Waals surface area contributed by atoms with Gasteiger partial charge < -0.3 is 25.6 Å². The molecule has 3 atom stereocenters. The summed E-state index contributed by atoms with van der Waals surface area (Å²) in [6, 6.07) is 14.0. The van der Waals surface area contributed by atoms with E-state index < -0.39 is 52.0 Å². The molecule has 0 saturated carbocycles. The van der Waals surface area contributed by atoms with Gasteiger partial charge in [0, 0.05) is 26.3 Å². The molecule has 0 bridgehead atoms. The van der Waals surface area contributed by atoms with Crippen molar-refractivity contribution >= 4 is 56.3 Å². The van der Waals surface area contributed by atoms with Crippen LogP contribution in [-0.2, 0) is 39.6 Å². The number of carbonyl (C=O) groups is 3. The number of amides is 4. The zero-order valence-electron chi connectivity index (χ0n) is 29.8. The Morgan fingerprint density at radius 2 is 1.77 bits per heavy atom.